The molecular weight excluding hydrogens is 238 g/mol. The summed E-state index contributed by atoms with van der Waals surface area (Å²) >= 11 is 5.93. The largest absolute Gasteiger partial charge is 0.330 e. The van der Waals surface area contributed by atoms with Gasteiger partial charge in [-0.25, -0.2) is 4.98 Å². The molecule has 1 aromatic heterocycles. The minimum Gasteiger partial charge on any atom is -0.330 e. The standard InChI is InChI=1S/C12H18ClN3O/c1-3-9(7-14)6-10(17)16-11-8(2)4-5-15-12(11)13/h4-5,9H,3,6-7,14H2,1-2H3,(H,16,17). The molecule has 94 valence electrons. The van der Waals surface area contributed by atoms with E-state index >= 15 is 0 Å². The number of rotatable bonds is 5. The van der Waals surface area contributed by atoms with E-state index in [2.05, 4.69) is 10.3 Å². The number of nitrogens with one attached hydrogen (secondary N) is 1. The van der Waals surface area contributed by atoms with Crippen LogP contribution in [0.2, 0.25) is 5.15 Å². The van der Waals surface area contributed by atoms with Gasteiger partial charge in [-0.15, -0.1) is 0 Å². The summed E-state index contributed by atoms with van der Waals surface area (Å²) in [4.78, 5) is 15.7. The van der Waals surface area contributed by atoms with Crippen molar-refractivity contribution in [3.8, 4) is 0 Å². The van der Waals surface area contributed by atoms with Gasteiger partial charge in [0, 0.05) is 12.6 Å². The number of aromatic nitrogens is 1. The molecule has 0 aliphatic rings. The highest BCUT2D eigenvalue weighted by molar-refractivity contribution is 6.32. The van der Waals surface area contributed by atoms with E-state index in [-0.39, 0.29) is 11.8 Å². The van der Waals surface area contributed by atoms with Crippen molar-refractivity contribution in [1.29, 1.82) is 0 Å². The van der Waals surface area contributed by atoms with Crippen LogP contribution in [0.3, 0.4) is 0 Å². The van der Waals surface area contributed by atoms with Crippen molar-refractivity contribution in [2.24, 2.45) is 11.7 Å². The smallest absolute Gasteiger partial charge is 0.224 e. The van der Waals surface area contributed by atoms with Crippen LogP contribution in [0.1, 0.15) is 25.3 Å². The van der Waals surface area contributed by atoms with Crippen LogP contribution in [-0.4, -0.2) is 17.4 Å². The second kappa shape index (κ2) is 6.57. The quantitative estimate of drug-likeness (QED) is 0.794. The molecule has 1 rings (SSSR count). The van der Waals surface area contributed by atoms with Crippen molar-refractivity contribution in [2.75, 3.05) is 11.9 Å². The zero-order valence-corrected chi connectivity index (χ0v) is 10.9. The van der Waals surface area contributed by atoms with Gasteiger partial charge in [0.25, 0.3) is 0 Å². The maximum atomic E-state index is 11.8. The van der Waals surface area contributed by atoms with Crippen molar-refractivity contribution >= 4 is 23.2 Å². The third-order valence-electron chi connectivity index (χ3n) is 2.76. The molecule has 0 bridgehead atoms. The van der Waals surface area contributed by atoms with E-state index in [1.54, 1.807) is 6.20 Å². The molecule has 1 atom stereocenters. The molecule has 17 heavy (non-hydrogen) atoms. The number of pyridine rings is 1. The molecule has 1 unspecified atom stereocenters. The Kier molecular flexibility index (Phi) is 5.38. The molecule has 0 aliphatic carbocycles. The van der Waals surface area contributed by atoms with Gasteiger partial charge in [-0.3, -0.25) is 4.79 Å². The fourth-order valence-electron chi connectivity index (χ4n) is 1.52. The summed E-state index contributed by atoms with van der Waals surface area (Å²) in [7, 11) is 0. The van der Waals surface area contributed by atoms with Crippen LogP contribution in [0.4, 0.5) is 5.69 Å². The van der Waals surface area contributed by atoms with Gasteiger partial charge in [0.15, 0.2) is 5.15 Å². The molecule has 1 aromatic rings. The first-order chi connectivity index (χ1) is 8.08. The lowest BCUT2D eigenvalue weighted by Crippen LogP contribution is -2.22. The van der Waals surface area contributed by atoms with Crippen molar-refractivity contribution in [1.82, 2.24) is 4.98 Å². The maximum Gasteiger partial charge on any atom is 0.224 e. The van der Waals surface area contributed by atoms with Crippen LogP contribution in [0.25, 0.3) is 0 Å². The number of hydrogen-bond donors (Lipinski definition) is 2. The Labute approximate surface area is 107 Å². The average molecular weight is 256 g/mol. The molecule has 0 aromatic carbocycles. The van der Waals surface area contributed by atoms with Crippen LogP contribution >= 0.6 is 11.6 Å². The lowest BCUT2D eigenvalue weighted by atomic mass is 10.0. The summed E-state index contributed by atoms with van der Waals surface area (Å²) < 4.78 is 0. The van der Waals surface area contributed by atoms with E-state index in [0.29, 0.717) is 23.8 Å². The van der Waals surface area contributed by atoms with Crippen molar-refractivity contribution in [2.45, 2.75) is 26.7 Å². The highest BCUT2D eigenvalue weighted by Crippen LogP contribution is 2.23. The first-order valence-corrected chi connectivity index (χ1v) is 6.07. The molecule has 0 spiro atoms. The minimum atomic E-state index is -0.0692. The number of amides is 1. The monoisotopic (exact) mass is 255 g/mol. The van der Waals surface area contributed by atoms with E-state index in [1.165, 1.54) is 0 Å². The zero-order chi connectivity index (χ0) is 12.8. The van der Waals surface area contributed by atoms with Gasteiger partial charge in [-0.1, -0.05) is 24.9 Å². The Morgan fingerprint density at radius 2 is 2.35 bits per heavy atom. The number of anilines is 1. The van der Waals surface area contributed by atoms with Gasteiger partial charge < -0.3 is 11.1 Å². The lowest BCUT2D eigenvalue weighted by Gasteiger charge is -2.13. The predicted molar refractivity (Wildman–Crippen MR) is 70.1 cm³/mol. The molecule has 4 nitrogen and oxygen atoms in total. The van der Waals surface area contributed by atoms with E-state index < -0.39 is 0 Å². The second-order valence-corrected chi connectivity index (χ2v) is 4.41. The van der Waals surface area contributed by atoms with Gasteiger partial charge in [-0.2, -0.15) is 0 Å². The van der Waals surface area contributed by atoms with Crippen molar-refractivity contribution in [3.05, 3.63) is 23.0 Å². The number of carbonyl (C=O) groups excluding carboxylic acids is 1. The van der Waals surface area contributed by atoms with Crippen molar-refractivity contribution < 1.29 is 4.79 Å². The molecule has 1 amide bonds. The number of carbonyl (C=O) groups is 1. The molecule has 0 fully saturated rings. The normalized spacial score (nSPS) is 12.2. The Balaban J connectivity index is 2.68. The Hall–Kier alpha value is -1.13. The molecule has 0 saturated heterocycles. The molecular formula is C12H18ClN3O. The fraction of sp³-hybridized carbons (Fsp3) is 0.500. The summed E-state index contributed by atoms with van der Waals surface area (Å²) in [6, 6.07) is 1.81. The molecule has 0 radical (unpaired) electrons. The van der Waals surface area contributed by atoms with Gasteiger partial charge >= 0.3 is 0 Å². The van der Waals surface area contributed by atoms with Crippen LogP contribution in [0.15, 0.2) is 12.3 Å². The number of halogens is 1. The first kappa shape index (κ1) is 13.9. The topological polar surface area (TPSA) is 68.0 Å². The summed E-state index contributed by atoms with van der Waals surface area (Å²) in [6.45, 7) is 4.42. The first-order valence-electron chi connectivity index (χ1n) is 5.69. The fourth-order valence-corrected chi connectivity index (χ4v) is 1.77. The molecule has 1 heterocycles. The van der Waals surface area contributed by atoms with Crippen molar-refractivity contribution in [3.63, 3.8) is 0 Å². The SMILES string of the molecule is CCC(CN)CC(=O)Nc1c(C)ccnc1Cl. The van der Waals surface area contributed by atoms with E-state index in [9.17, 15) is 4.79 Å². The molecule has 0 aliphatic heterocycles. The van der Waals surface area contributed by atoms with Crippen LogP contribution < -0.4 is 11.1 Å². The maximum absolute atomic E-state index is 11.8. The van der Waals surface area contributed by atoms with E-state index in [4.69, 9.17) is 17.3 Å². The average Bonchev–Trinajstić information content (AvgIpc) is 2.31. The number of nitrogens with two attached hydrogens (primary N) is 1. The van der Waals surface area contributed by atoms with Gasteiger partial charge in [-0.05, 0) is 31.0 Å². The van der Waals surface area contributed by atoms with Crippen LogP contribution in [0.5, 0.6) is 0 Å². The number of hydrogen-bond acceptors (Lipinski definition) is 3. The van der Waals surface area contributed by atoms with Gasteiger partial charge in [0.1, 0.15) is 0 Å². The highest BCUT2D eigenvalue weighted by Gasteiger charge is 2.13. The van der Waals surface area contributed by atoms with Crippen LogP contribution in [0, 0.1) is 12.8 Å². The summed E-state index contributed by atoms with van der Waals surface area (Å²) in [5, 5.41) is 3.11. The van der Waals surface area contributed by atoms with E-state index in [0.717, 1.165) is 12.0 Å². The number of aryl methyl sites for hydroxylation is 1. The third-order valence-corrected chi connectivity index (χ3v) is 3.05. The molecule has 0 saturated carbocycles. The third kappa shape index (κ3) is 3.98. The Morgan fingerprint density at radius 1 is 1.65 bits per heavy atom. The molecule has 5 heteroatoms. The molecule has 3 N–H and O–H groups in total. The van der Waals surface area contributed by atoms with Crippen LogP contribution in [-0.2, 0) is 4.79 Å². The minimum absolute atomic E-state index is 0.0692. The summed E-state index contributed by atoms with van der Waals surface area (Å²) in [6.07, 6.45) is 2.92. The lowest BCUT2D eigenvalue weighted by molar-refractivity contribution is -0.117. The van der Waals surface area contributed by atoms with Gasteiger partial charge in [0.05, 0.1) is 5.69 Å². The Bertz CT molecular complexity index is 371. The number of nitrogens with zero attached hydrogens (tertiary/aromatic N) is 1. The summed E-state index contributed by atoms with van der Waals surface area (Å²) in [5.74, 6) is 0.144. The predicted octanol–water partition coefficient (Wildman–Crippen LogP) is 2.36. The summed E-state index contributed by atoms with van der Waals surface area (Å²) in [5.41, 5.74) is 7.06. The highest BCUT2D eigenvalue weighted by atomic mass is 35.5. The van der Waals surface area contributed by atoms with E-state index in [1.807, 2.05) is 19.9 Å². The Morgan fingerprint density at radius 3 is 2.88 bits per heavy atom. The zero-order valence-electron chi connectivity index (χ0n) is 10.2. The van der Waals surface area contributed by atoms with Gasteiger partial charge in [0.2, 0.25) is 5.91 Å². The second-order valence-electron chi connectivity index (χ2n) is 4.06.